The summed E-state index contributed by atoms with van der Waals surface area (Å²) in [5.41, 5.74) is 0.684. The number of hydrogen-bond acceptors (Lipinski definition) is 5. The molecule has 0 heterocycles. The van der Waals surface area contributed by atoms with Crippen LogP contribution in [0.5, 0.6) is 11.5 Å². The molecule has 0 radical (unpaired) electrons. The maximum absolute atomic E-state index is 12.1. The van der Waals surface area contributed by atoms with Gasteiger partial charge in [0.1, 0.15) is 11.5 Å². The van der Waals surface area contributed by atoms with E-state index in [0.717, 1.165) is 12.8 Å². The maximum Gasteiger partial charge on any atom is 0.331 e. The van der Waals surface area contributed by atoms with Crippen molar-refractivity contribution in [2.45, 2.75) is 39.2 Å². The van der Waals surface area contributed by atoms with Crippen LogP contribution in [0.15, 0.2) is 24.3 Å². The number of benzene rings is 1. The van der Waals surface area contributed by atoms with E-state index < -0.39 is 5.97 Å². The normalized spacial score (nSPS) is 22.3. The minimum atomic E-state index is -0.583. The van der Waals surface area contributed by atoms with Gasteiger partial charge < -0.3 is 19.5 Å². The van der Waals surface area contributed by atoms with E-state index in [2.05, 4.69) is 19.2 Å². The molecule has 1 aromatic carbocycles. The maximum atomic E-state index is 12.1. The molecular weight excluding hydrogens is 346 g/mol. The van der Waals surface area contributed by atoms with Crippen LogP contribution in [0, 0.1) is 11.8 Å². The van der Waals surface area contributed by atoms with Gasteiger partial charge >= 0.3 is 5.97 Å². The fourth-order valence-electron chi connectivity index (χ4n) is 3.35. The lowest BCUT2D eigenvalue weighted by Gasteiger charge is -2.34. The molecule has 1 N–H and O–H groups in total. The summed E-state index contributed by atoms with van der Waals surface area (Å²) in [5, 5.41) is 2.98. The van der Waals surface area contributed by atoms with Gasteiger partial charge in [-0.05, 0) is 42.5 Å². The van der Waals surface area contributed by atoms with Crippen LogP contribution in [0.4, 0.5) is 0 Å². The Morgan fingerprint density at radius 3 is 2.67 bits per heavy atom. The van der Waals surface area contributed by atoms with Crippen molar-refractivity contribution in [1.82, 2.24) is 5.32 Å². The Bertz CT molecular complexity index is 685. The molecule has 0 aromatic heterocycles. The molecule has 27 heavy (non-hydrogen) atoms. The molecule has 2 rings (SSSR count). The van der Waals surface area contributed by atoms with Gasteiger partial charge in [-0.3, -0.25) is 4.79 Å². The van der Waals surface area contributed by atoms with Crippen LogP contribution in [0.3, 0.4) is 0 Å². The molecule has 6 heteroatoms. The Morgan fingerprint density at radius 1 is 1.19 bits per heavy atom. The topological polar surface area (TPSA) is 73.9 Å². The number of amides is 1. The highest BCUT2D eigenvalue weighted by molar-refractivity contribution is 5.89. The summed E-state index contributed by atoms with van der Waals surface area (Å²) in [4.78, 5) is 24.0. The molecule has 1 aliphatic carbocycles. The number of nitrogens with one attached hydrogen (secondary N) is 1. The highest BCUT2D eigenvalue weighted by Gasteiger charge is 2.28. The van der Waals surface area contributed by atoms with Gasteiger partial charge in [-0.25, -0.2) is 4.79 Å². The molecule has 1 amide bonds. The standard InChI is InChI=1S/C21H29NO5/c1-14-6-5-7-18(15(14)2)22-20(23)13-27-21(24)11-8-16-12-17(25-3)9-10-19(16)26-4/h8-12,14-15,18H,5-7,13H2,1-4H3,(H,22,23)/b11-8+/t14-,15+,18+/m0/s1. The summed E-state index contributed by atoms with van der Waals surface area (Å²) >= 11 is 0. The molecule has 0 bridgehead atoms. The first-order valence-corrected chi connectivity index (χ1v) is 9.30. The van der Waals surface area contributed by atoms with E-state index >= 15 is 0 Å². The lowest BCUT2D eigenvalue weighted by atomic mass is 9.78. The molecule has 1 aromatic rings. The molecule has 0 unspecified atom stereocenters. The van der Waals surface area contributed by atoms with E-state index in [0.29, 0.717) is 28.9 Å². The number of carbonyl (C=O) groups is 2. The van der Waals surface area contributed by atoms with Gasteiger partial charge in [0.05, 0.1) is 14.2 Å². The molecule has 0 saturated heterocycles. The molecule has 0 aliphatic heterocycles. The Kier molecular flexibility index (Phi) is 7.70. The van der Waals surface area contributed by atoms with Crippen molar-refractivity contribution in [1.29, 1.82) is 0 Å². The van der Waals surface area contributed by atoms with E-state index in [1.54, 1.807) is 38.5 Å². The second-order valence-corrected chi connectivity index (χ2v) is 6.99. The van der Waals surface area contributed by atoms with Gasteiger partial charge in [0.15, 0.2) is 6.61 Å². The van der Waals surface area contributed by atoms with Crippen molar-refractivity contribution in [2.24, 2.45) is 11.8 Å². The molecular formula is C21H29NO5. The van der Waals surface area contributed by atoms with Gasteiger partial charge in [0.25, 0.3) is 5.91 Å². The number of rotatable bonds is 7. The average Bonchev–Trinajstić information content (AvgIpc) is 2.68. The van der Waals surface area contributed by atoms with Gasteiger partial charge in [-0.2, -0.15) is 0 Å². The van der Waals surface area contributed by atoms with E-state index in [-0.39, 0.29) is 18.6 Å². The van der Waals surface area contributed by atoms with E-state index in [1.807, 2.05) is 0 Å². The second-order valence-electron chi connectivity index (χ2n) is 6.99. The number of hydrogen-bond donors (Lipinski definition) is 1. The van der Waals surface area contributed by atoms with Crippen molar-refractivity contribution in [3.8, 4) is 11.5 Å². The molecule has 148 valence electrons. The summed E-state index contributed by atoms with van der Waals surface area (Å²) in [7, 11) is 3.12. The number of methoxy groups -OCH3 is 2. The average molecular weight is 375 g/mol. The first-order valence-electron chi connectivity index (χ1n) is 9.30. The van der Waals surface area contributed by atoms with E-state index in [1.165, 1.54) is 12.5 Å². The van der Waals surface area contributed by atoms with Gasteiger partial charge in [-0.15, -0.1) is 0 Å². The first-order chi connectivity index (χ1) is 12.9. The Labute approximate surface area is 160 Å². The van der Waals surface area contributed by atoms with Gasteiger partial charge in [0.2, 0.25) is 0 Å². The zero-order chi connectivity index (χ0) is 19.8. The Morgan fingerprint density at radius 2 is 1.96 bits per heavy atom. The van der Waals surface area contributed by atoms with Crippen LogP contribution in [-0.2, 0) is 14.3 Å². The SMILES string of the molecule is COc1ccc(OC)c(/C=C/C(=O)OCC(=O)N[C@@H]2CCC[C@H](C)[C@H]2C)c1. The minimum Gasteiger partial charge on any atom is -0.497 e. The van der Waals surface area contributed by atoms with Crippen LogP contribution < -0.4 is 14.8 Å². The summed E-state index contributed by atoms with van der Waals surface area (Å²) in [6, 6.07) is 5.42. The lowest BCUT2D eigenvalue weighted by molar-refractivity contribution is -0.144. The van der Waals surface area contributed by atoms with Crippen molar-refractivity contribution in [3.63, 3.8) is 0 Å². The molecule has 6 nitrogen and oxygen atoms in total. The Balaban J connectivity index is 1.85. The third kappa shape index (κ3) is 6.01. The van der Waals surface area contributed by atoms with Crippen molar-refractivity contribution in [2.75, 3.05) is 20.8 Å². The van der Waals surface area contributed by atoms with Crippen LogP contribution in [0.25, 0.3) is 6.08 Å². The smallest absolute Gasteiger partial charge is 0.331 e. The van der Waals surface area contributed by atoms with E-state index in [9.17, 15) is 9.59 Å². The number of ether oxygens (including phenoxy) is 3. The summed E-state index contributed by atoms with van der Waals surface area (Å²) < 4.78 is 15.5. The second kappa shape index (κ2) is 10.00. The molecule has 0 spiro atoms. The largest absolute Gasteiger partial charge is 0.497 e. The predicted molar refractivity (Wildman–Crippen MR) is 104 cm³/mol. The summed E-state index contributed by atoms with van der Waals surface area (Å²) in [5.74, 6) is 1.44. The van der Waals surface area contributed by atoms with Crippen LogP contribution >= 0.6 is 0 Å². The minimum absolute atomic E-state index is 0.150. The fraction of sp³-hybridized carbons (Fsp3) is 0.524. The predicted octanol–water partition coefficient (Wildman–Crippen LogP) is 3.20. The van der Waals surface area contributed by atoms with Crippen molar-refractivity contribution < 1.29 is 23.8 Å². The molecule has 1 aliphatic rings. The zero-order valence-electron chi connectivity index (χ0n) is 16.5. The highest BCUT2D eigenvalue weighted by atomic mass is 16.5. The summed E-state index contributed by atoms with van der Waals surface area (Å²) in [6.45, 7) is 4.09. The van der Waals surface area contributed by atoms with Crippen LogP contribution in [0.1, 0.15) is 38.7 Å². The van der Waals surface area contributed by atoms with Crippen molar-refractivity contribution in [3.05, 3.63) is 29.8 Å². The lowest BCUT2D eigenvalue weighted by Crippen LogP contribution is -2.45. The van der Waals surface area contributed by atoms with Crippen LogP contribution in [0.2, 0.25) is 0 Å². The molecule has 1 saturated carbocycles. The number of carbonyl (C=O) groups excluding carboxylic acids is 2. The zero-order valence-corrected chi connectivity index (χ0v) is 16.5. The molecule has 3 atom stereocenters. The van der Waals surface area contributed by atoms with Gasteiger partial charge in [0, 0.05) is 17.7 Å². The monoisotopic (exact) mass is 375 g/mol. The quantitative estimate of drug-likeness (QED) is 0.585. The van der Waals surface area contributed by atoms with Crippen molar-refractivity contribution >= 4 is 18.0 Å². The summed E-state index contributed by atoms with van der Waals surface area (Å²) in [6.07, 6.45) is 6.13. The fourth-order valence-corrected chi connectivity index (χ4v) is 3.35. The third-order valence-electron chi connectivity index (χ3n) is 5.23. The first kappa shape index (κ1) is 20.8. The third-order valence-corrected chi connectivity index (χ3v) is 5.23. The number of esters is 1. The Hall–Kier alpha value is -2.50. The van der Waals surface area contributed by atoms with Gasteiger partial charge in [-0.1, -0.05) is 26.7 Å². The van der Waals surface area contributed by atoms with E-state index in [4.69, 9.17) is 14.2 Å². The molecule has 1 fully saturated rings. The van der Waals surface area contributed by atoms with Crippen LogP contribution in [-0.4, -0.2) is 38.7 Å². The highest BCUT2D eigenvalue weighted by Crippen LogP contribution is 2.29.